The second-order valence-corrected chi connectivity index (χ2v) is 3.37. The Kier molecular flexibility index (Phi) is 2.28. The van der Waals surface area contributed by atoms with Gasteiger partial charge < -0.3 is 15.0 Å². The minimum atomic E-state index is -0.115. The quantitative estimate of drug-likeness (QED) is 0.427. The molecular formula is C7H15NO2. The molecule has 3 nitrogen and oxygen atoms in total. The standard InChI is InChI=1S/C7H15NO2/c1-8(10)4-2-7(6-9)3-5-8/h7,9H,2-6H2,1H3. The summed E-state index contributed by atoms with van der Waals surface area (Å²) < 4.78 is -0.115. The Morgan fingerprint density at radius 1 is 1.50 bits per heavy atom. The van der Waals surface area contributed by atoms with Crippen molar-refractivity contribution in [3.05, 3.63) is 5.21 Å². The Morgan fingerprint density at radius 2 is 2.00 bits per heavy atom. The van der Waals surface area contributed by atoms with Gasteiger partial charge in [0.15, 0.2) is 0 Å². The fraction of sp³-hybridized carbons (Fsp3) is 1.00. The molecule has 0 radical (unpaired) electrons. The summed E-state index contributed by atoms with van der Waals surface area (Å²) in [4.78, 5) is 0. The Balaban J connectivity index is 2.31. The average molecular weight is 145 g/mol. The van der Waals surface area contributed by atoms with Crippen LogP contribution in [0.4, 0.5) is 0 Å². The van der Waals surface area contributed by atoms with Crippen LogP contribution in [0, 0.1) is 11.1 Å². The SMILES string of the molecule is C[N+]1([O-])CCC(CO)CC1. The van der Waals surface area contributed by atoms with Gasteiger partial charge in [-0.05, 0) is 5.92 Å². The van der Waals surface area contributed by atoms with E-state index in [1.807, 2.05) is 0 Å². The zero-order chi connectivity index (χ0) is 7.61. The van der Waals surface area contributed by atoms with Gasteiger partial charge >= 0.3 is 0 Å². The number of hydrogen-bond acceptors (Lipinski definition) is 2. The third kappa shape index (κ3) is 1.94. The fourth-order valence-corrected chi connectivity index (χ4v) is 1.35. The van der Waals surface area contributed by atoms with Gasteiger partial charge in [0.05, 0.1) is 20.1 Å². The van der Waals surface area contributed by atoms with Crippen molar-refractivity contribution in [1.82, 2.24) is 0 Å². The van der Waals surface area contributed by atoms with Gasteiger partial charge in [0.2, 0.25) is 0 Å². The van der Waals surface area contributed by atoms with Crippen LogP contribution in [0.2, 0.25) is 0 Å². The van der Waals surface area contributed by atoms with Crippen molar-refractivity contribution in [2.24, 2.45) is 5.92 Å². The van der Waals surface area contributed by atoms with E-state index in [-0.39, 0.29) is 11.3 Å². The molecule has 1 fully saturated rings. The summed E-state index contributed by atoms with van der Waals surface area (Å²) in [5.41, 5.74) is 0. The fourth-order valence-electron chi connectivity index (χ4n) is 1.35. The summed E-state index contributed by atoms with van der Waals surface area (Å²) in [6.07, 6.45) is 1.77. The van der Waals surface area contributed by atoms with E-state index in [1.54, 1.807) is 7.05 Å². The topological polar surface area (TPSA) is 43.3 Å². The highest BCUT2D eigenvalue weighted by molar-refractivity contribution is 4.62. The van der Waals surface area contributed by atoms with Crippen LogP contribution in [0.1, 0.15) is 12.8 Å². The first-order valence-corrected chi connectivity index (χ1v) is 3.80. The normalized spacial score (nSPS) is 41.7. The van der Waals surface area contributed by atoms with Gasteiger partial charge in [-0.15, -0.1) is 0 Å². The van der Waals surface area contributed by atoms with Crippen LogP contribution in [0.15, 0.2) is 0 Å². The smallest absolute Gasteiger partial charge is 0.0785 e. The van der Waals surface area contributed by atoms with Crippen LogP contribution in [0.5, 0.6) is 0 Å². The molecule has 3 heteroatoms. The minimum absolute atomic E-state index is 0.115. The van der Waals surface area contributed by atoms with Crippen molar-refractivity contribution >= 4 is 0 Å². The third-order valence-electron chi connectivity index (χ3n) is 2.28. The van der Waals surface area contributed by atoms with Gasteiger partial charge in [0, 0.05) is 19.4 Å². The molecule has 1 aliphatic rings. The highest BCUT2D eigenvalue weighted by atomic mass is 16.5. The van der Waals surface area contributed by atoms with Crippen LogP contribution < -0.4 is 0 Å². The summed E-state index contributed by atoms with van der Waals surface area (Å²) >= 11 is 0. The number of aliphatic hydroxyl groups excluding tert-OH is 1. The van der Waals surface area contributed by atoms with Gasteiger partial charge in [-0.2, -0.15) is 0 Å². The van der Waals surface area contributed by atoms with E-state index in [1.165, 1.54) is 0 Å². The van der Waals surface area contributed by atoms with Crippen molar-refractivity contribution in [2.45, 2.75) is 12.8 Å². The summed E-state index contributed by atoms with van der Waals surface area (Å²) in [6, 6.07) is 0. The number of hydrogen-bond donors (Lipinski definition) is 1. The number of likely N-dealkylation sites (tertiary alicyclic amines) is 1. The molecule has 0 bridgehead atoms. The molecule has 1 saturated heterocycles. The van der Waals surface area contributed by atoms with Crippen molar-refractivity contribution in [2.75, 3.05) is 26.7 Å². The van der Waals surface area contributed by atoms with E-state index in [0.29, 0.717) is 19.0 Å². The zero-order valence-electron chi connectivity index (χ0n) is 6.42. The van der Waals surface area contributed by atoms with E-state index in [4.69, 9.17) is 5.11 Å². The van der Waals surface area contributed by atoms with Crippen LogP contribution in [-0.4, -0.2) is 36.5 Å². The van der Waals surface area contributed by atoms with Crippen molar-refractivity contribution in [3.63, 3.8) is 0 Å². The van der Waals surface area contributed by atoms with E-state index in [0.717, 1.165) is 12.8 Å². The summed E-state index contributed by atoms with van der Waals surface area (Å²) in [5.74, 6) is 0.389. The van der Waals surface area contributed by atoms with E-state index < -0.39 is 0 Å². The van der Waals surface area contributed by atoms with Gasteiger partial charge in [-0.3, -0.25) is 0 Å². The molecule has 0 amide bonds. The number of hydroxylamine groups is 3. The van der Waals surface area contributed by atoms with Crippen molar-refractivity contribution in [3.8, 4) is 0 Å². The molecule has 10 heavy (non-hydrogen) atoms. The van der Waals surface area contributed by atoms with E-state index in [9.17, 15) is 5.21 Å². The van der Waals surface area contributed by atoms with Gasteiger partial charge in [-0.1, -0.05) is 0 Å². The first-order valence-electron chi connectivity index (χ1n) is 3.80. The molecule has 0 unspecified atom stereocenters. The molecular weight excluding hydrogens is 130 g/mol. The molecule has 1 rings (SSSR count). The largest absolute Gasteiger partial charge is 0.633 e. The van der Waals surface area contributed by atoms with Gasteiger partial charge in [0.25, 0.3) is 0 Å². The molecule has 1 aliphatic heterocycles. The lowest BCUT2D eigenvalue weighted by molar-refractivity contribution is -0.867. The number of aliphatic hydroxyl groups is 1. The Labute approximate surface area is 61.4 Å². The van der Waals surface area contributed by atoms with Crippen LogP contribution in [-0.2, 0) is 0 Å². The molecule has 0 aromatic heterocycles. The third-order valence-corrected chi connectivity index (χ3v) is 2.28. The molecule has 1 N–H and O–H groups in total. The lowest BCUT2D eigenvalue weighted by atomic mass is 9.98. The predicted octanol–water partition coefficient (Wildman–Crippen LogP) is 0.333. The zero-order valence-corrected chi connectivity index (χ0v) is 6.42. The van der Waals surface area contributed by atoms with Gasteiger partial charge in [-0.25, -0.2) is 0 Å². The second-order valence-electron chi connectivity index (χ2n) is 3.37. The van der Waals surface area contributed by atoms with Crippen molar-refractivity contribution < 1.29 is 9.75 Å². The highest BCUT2D eigenvalue weighted by Crippen LogP contribution is 2.19. The van der Waals surface area contributed by atoms with Crippen molar-refractivity contribution in [1.29, 1.82) is 0 Å². The number of quaternary nitrogens is 1. The average Bonchev–Trinajstić information content (AvgIpc) is 1.88. The summed E-state index contributed by atoms with van der Waals surface area (Å²) in [6.45, 7) is 1.59. The molecule has 1 heterocycles. The molecule has 60 valence electrons. The Bertz CT molecular complexity index is 104. The maximum absolute atomic E-state index is 11.2. The molecule has 0 aliphatic carbocycles. The molecule has 0 aromatic rings. The van der Waals surface area contributed by atoms with Crippen LogP contribution in [0.25, 0.3) is 0 Å². The maximum Gasteiger partial charge on any atom is 0.0785 e. The minimum Gasteiger partial charge on any atom is -0.633 e. The number of rotatable bonds is 1. The summed E-state index contributed by atoms with van der Waals surface area (Å²) in [7, 11) is 1.70. The lowest BCUT2D eigenvalue weighted by Gasteiger charge is -2.43. The molecule has 0 aromatic carbocycles. The van der Waals surface area contributed by atoms with Crippen LogP contribution >= 0.6 is 0 Å². The predicted molar refractivity (Wildman–Crippen MR) is 39.1 cm³/mol. The number of nitrogens with zero attached hydrogens (tertiary/aromatic N) is 1. The van der Waals surface area contributed by atoms with Gasteiger partial charge in [0.1, 0.15) is 0 Å². The Morgan fingerprint density at radius 3 is 2.40 bits per heavy atom. The summed E-state index contributed by atoms with van der Waals surface area (Å²) in [5, 5.41) is 20.0. The van der Waals surface area contributed by atoms with E-state index >= 15 is 0 Å². The maximum atomic E-state index is 11.2. The molecule has 0 spiro atoms. The van der Waals surface area contributed by atoms with E-state index in [2.05, 4.69) is 0 Å². The monoisotopic (exact) mass is 145 g/mol. The molecule has 0 saturated carbocycles. The number of piperidine rings is 1. The van der Waals surface area contributed by atoms with Crippen LogP contribution in [0.3, 0.4) is 0 Å². The molecule has 0 atom stereocenters. The Hall–Kier alpha value is -0.120. The highest BCUT2D eigenvalue weighted by Gasteiger charge is 2.22. The first kappa shape index (κ1) is 7.98. The first-order chi connectivity index (χ1) is 4.64. The second kappa shape index (κ2) is 2.86. The lowest BCUT2D eigenvalue weighted by Crippen LogP contribution is -2.45.